The van der Waals surface area contributed by atoms with Gasteiger partial charge >= 0.3 is 0 Å². The number of carbonyl (C=O) groups excluding carboxylic acids is 1. The van der Waals surface area contributed by atoms with E-state index in [2.05, 4.69) is 32.7 Å². The molecular formula is C23H38IN5O4. The van der Waals surface area contributed by atoms with Gasteiger partial charge in [0.05, 0.1) is 32.5 Å². The smallest absolute Gasteiger partial charge is 0.243 e. The van der Waals surface area contributed by atoms with E-state index in [-0.39, 0.29) is 48.6 Å². The van der Waals surface area contributed by atoms with Crippen molar-refractivity contribution in [3.8, 4) is 5.75 Å². The van der Waals surface area contributed by atoms with Gasteiger partial charge in [0.1, 0.15) is 12.3 Å². The number of amides is 1. The lowest BCUT2D eigenvalue weighted by molar-refractivity contribution is -0.127. The molecule has 1 amide bonds. The van der Waals surface area contributed by atoms with Gasteiger partial charge in [-0.2, -0.15) is 0 Å². The number of carbonyl (C=O) groups is 1. The SMILES string of the molecule is COc1ccc(C(CNC(=NCC(=O)N(C)C)NCC2CCCO2)N2CCOCC2)cc1.I. The molecule has 2 aliphatic heterocycles. The van der Waals surface area contributed by atoms with E-state index in [1.807, 2.05) is 12.1 Å². The van der Waals surface area contributed by atoms with Crippen molar-refractivity contribution in [3.05, 3.63) is 29.8 Å². The Bertz CT molecular complexity index is 735. The van der Waals surface area contributed by atoms with Gasteiger partial charge in [-0.25, -0.2) is 4.99 Å². The first-order valence-corrected chi connectivity index (χ1v) is 11.4. The lowest BCUT2D eigenvalue weighted by atomic mass is 10.0. The predicted molar refractivity (Wildman–Crippen MR) is 140 cm³/mol. The monoisotopic (exact) mass is 575 g/mol. The Kier molecular flexibility index (Phi) is 12.2. The normalized spacial score (nSPS) is 20.0. The fourth-order valence-corrected chi connectivity index (χ4v) is 3.84. The van der Waals surface area contributed by atoms with Crippen LogP contribution in [0.2, 0.25) is 0 Å². The van der Waals surface area contributed by atoms with Crippen LogP contribution < -0.4 is 15.4 Å². The lowest BCUT2D eigenvalue weighted by Crippen LogP contribution is -2.47. The van der Waals surface area contributed by atoms with Crippen molar-refractivity contribution in [1.29, 1.82) is 0 Å². The molecule has 0 saturated carbocycles. The molecule has 2 aliphatic rings. The third-order valence-corrected chi connectivity index (χ3v) is 5.84. The van der Waals surface area contributed by atoms with Crippen LogP contribution in [0, 0.1) is 0 Å². The molecular weight excluding hydrogens is 537 g/mol. The molecule has 1 aromatic carbocycles. The first-order chi connectivity index (χ1) is 15.6. The highest BCUT2D eigenvalue weighted by Gasteiger charge is 2.23. The molecule has 0 spiro atoms. The molecule has 33 heavy (non-hydrogen) atoms. The number of aliphatic imine (C=N–C) groups is 1. The van der Waals surface area contributed by atoms with E-state index in [9.17, 15) is 4.79 Å². The van der Waals surface area contributed by atoms with Gasteiger partial charge in [0, 0.05) is 46.9 Å². The summed E-state index contributed by atoms with van der Waals surface area (Å²) >= 11 is 0. The number of halogens is 1. The van der Waals surface area contributed by atoms with Gasteiger partial charge in [-0.05, 0) is 30.5 Å². The maximum Gasteiger partial charge on any atom is 0.243 e. The number of rotatable bonds is 9. The number of ether oxygens (including phenoxy) is 3. The van der Waals surface area contributed by atoms with Crippen molar-refractivity contribution < 1.29 is 19.0 Å². The molecule has 2 heterocycles. The highest BCUT2D eigenvalue weighted by molar-refractivity contribution is 14.0. The molecule has 2 saturated heterocycles. The molecule has 1 aromatic rings. The van der Waals surface area contributed by atoms with Crippen molar-refractivity contribution in [1.82, 2.24) is 20.4 Å². The number of guanidine groups is 1. The van der Waals surface area contributed by atoms with Crippen LogP contribution >= 0.6 is 24.0 Å². The zero-order valence-electron chi connectivity index (χ0n) is 19.9. The fraction of sp³-hybridized carbons (Fsp3) is 0.652. The third-order valence-electron chi connectivity index (χ3n) is 5.84. The molecule has 10 heteroatoms. The molecule has 0 aromatic heterocycles. The molecule has 186 valence electrons. The maximum atomic E-state index is 12.1. The van der Waals surface area contributed by atoms with E-state index in [0.717, 1.165) is 51.5 Å². The molecule has 2 unspecified atom stereocenters. The fourth-order valence-electron chi connectivity index (χ4n) is 3.84. The largest absolute Gasteiger partial charge is 0.497 e. The molecule has 9 nitrogen and oxygen atoms in total. The molecule has 2 fully saturated rings. The predicted octanol–water partition coefficient (Wildman–Crippen LogP) is 1.49. The highest BCUT2D eigenvalue weighted by Crippen LogP contribution is 2.23. The Morgan fingerprint density at radius 2 is 1.94 bits per heavy atom. The van der Waals surface area contributed by atoms with E-state index in [1.54, 1.807) is 26.1 Å². The van der Waals surface area contributed by atoms with E-state index in [0.29, 0.717) is 19.0 Å². The summed E-state index contributed by atoms with van der Waals surface area (Å²) in [5.74, 6) is 1.43. The van der Waals surface area contributed by atoms with Crippen molar-refractivity contribution >= 4 is 35.8 Å². The first-order valence-electron chi connectivity index (χ1n) is 11.4. The Balaban J connectivity index is 0.00000385. The number of likely N-dealkylation sites (N-methyl/N-ethyl adjacent to an activating group) is 1. The summed E-state index contributed by atoms with van der Waals surface area (Å²) in [5.41, 5.74) is 1.20. The van der Waals surface area contributed by atoms with E-state index in [1.165, 1.54) is 5.56 Å². The summed E-state index contributed by atoms with van der Waals surface area (Å²) in [6.07, 6.45) is 2.31. The number of benzene rings is 1. The minimum Gasteiger partial charge on any atom is -0.497 e. The van der Waals surface area contributed by atoms with Crippen LogP contribution in [0.4, 0.5) is 0 Å². The van der Waals surface area contributed by atoms with Crippen LogP contribution in [-0.4, -0.2) is 102 Å². The summed E-state index contributed by atoms with van der Waals surface area (Å²) in [6, 6.07) is 8.33. The Hall–Kier alpha value is -1.63. The van der Waals surface area contributed by atoms with E-state index >= 15 is 0 Å². The van der Waals surface area contributed by atoms with Crippen molar-refractivity contribution in [3.63, 3.8) is 0 Å². The molecule has 0 radical (unpaired) electrons. The highest BCUT2D eigenvalue weighted by atomic mass is 127. The molecule has 3 rings (SSSR count). The second-order valence-corrected chi connectivity index (χ2v) is 8.29. The second kappa shape index (κ2) is 14.6. The number of nitrogens with zero attached hydrogens (tertiary/aromatic N) is 3. The molecule has 2 atom stereocenters. The summed E-state index contributed by atoms with van der Waals surface area (Å²) in [5, 5.41) is 6.83. The number of hydrogen-bond acceptors (Lipinski definition) is 6. The number of hydrogen-bond donors (Lipinski definition) is 2. The third kappa shape index (κ3) is 8.91. The van der Waals surface area contributed by atoms with Crippen LogP contribution in [-0.2, 0) is 14.3 Å². The maximum absolute atomic E-state index is 12.1. The number of methoxy groups -OCH3 is 1. The zero-order chi connectivity index (χ0) is 22.8. The van der Waals surface area contributed by atoms with Crippen LogP contribution in [0.1, 0.15) is 24.4 Å². The summed E-state index contributed by atoms with van der Waals surface area (Å²) in [6.45, 7) is 5.41. The second-order valence-electron chi connectivity index (χ2n) is 8.29. The average Bonchev–Trinajstić information content (AvgIpc) is 3.35. The van der Waals surface area contributed by atoms with Crippen LogP contribution in [0.15, 0.2) is 29.3 Å². The van der Waals surface area contributed by atoms with Gasteiger partial charge in [-0.1, -0.05) is 12.1 Å². The van der Waals surface area contributed by atoms with Crippen molar-refractivity contribution in [2.24, 2.45) is 4.99 Å². The van der Waals surface area contributed by atoms with Crippen molar-refractivity contribution in [2.75, 3.05) is 73.7 Å². The average molecular weight is 575 g/mol. The zero-order valence-corrected chi connectivity index (χ0v) is 22.2. The molecule has 0 bridgehead atoms. The lowest BCUT2D eigenvalue weighted by Gasteiger charge is -2.35. The molecule has 0 aliphatic carbocycles. The van der Waals surface area contributed by atoms with Gasteiger partial charge in [-0.3, -0.25) is 9.69 Å². The topological polar surface area (TPSA) is 87.7 Å². The Labute approximate surface area is 214 Å². The van der Waals surface area contributed by atoms with E-state index in [4.69, 9.17) is 14.2 Å². The van der Waals surface area contributed by atoms with Gasteiger partial charge in [0.25, 0.3) is 0 Å². The Morgan fingerprint density at radius 3 is 2.55 bits per heavy atom. The van der Waals surface area contributed by atoms with E-state index < -0.39 is 0 Å². The summed E-state index contributed by atoms with van der Waals surface area (Å²) < 4.78 is 16.6. The molecule has 2 N–H and O–H groups in total. The van der Waals surface area contributed by atoms with Crippen molar-refractivity contribution in [2.45, 2.75) is 25.0 Å². The number of nitrogens with one attached hydrogen (secondary N) is 2. The van der Waals surface area contributed by atoms with Crippen LogP contribution in [0.3, 0.4) is 0 Å². The first kappa shape index (κ1) is 27.6. The van der Waals surface area contributed by atoms with Gasteiger partial charge < -0.3 is 29.7 Å². The summed E-state index contributed by atoms with van der Waals surface area (Å²) in [4.78, 5) is 20.6. The van der Waals surface area contributed by atoms with Gasteiger partial charge in [-0.15, -0.1) is 24.0 Å². The van der Waals surface area contributed by atoms with Crippen LogP contribution in [0.5, 0.6) is 5.75 Å². The van der Waals surface area contributed by atoms with Crippen LogP contribution in [0.25, 0.3) is 0 Å². The standard InChI is InChI=1S/C23H37N5O4.HI/c1-27(2)22(29)17-26-23(24-15-20-5-4-12-32-20)25-16-21(28-10-13-31-14-11-28)18-6-8-19(30-3)9-7-18;/h6-9,20-21H,4-5,10-17H2,1-3H3,(H2,24,25,26);1H. The van der Waals surface area contributed by atoms with Gasteiger partial charge in [0.15, 0.2) is 5.96 Å². The minimum atomic E-state index is -0.0388. The minimum absolute atomic E-state index is 0. The quantitative estimate of drug-likeness (QED) is 0.262. The van der Waals surface area contributed by atoms with Gasteiger partial charge in [0.2, 0.25) is 5.91 Å². The number of morpholine rings is 1. The summed E-state index contributed by atoms with van der Waals surface area (Å²) in [7, 11) is 5.15. The Morgan fingerprint density at radius 1 is 1.21 bits per heavy atom.